The minimum atomic E-state index is 0.585. The van der Waals surface area contributed by atoms with E-state index in [1.54, 1.807) is 18.9 Å². The van der Waals surface area contributed by atoms with Crippen molar-refractivity contribution in [1.82, 2.24) is 15.5 Å². The summed E-state index contributed by atoms with van der Waals surface area (Å²) in [5, 5.41) is 7.65. The van der Waals surface area contributed by atoms with Crippen molar-refractivity contribution in [2.45, 2.75) is 31.4 Å². The van der Waals surface area contributed by atoms with Crippen molar-refractivity contribution in [2.75, 3.05) is 20.3 Å². The van der Waals surface area contributed by atoms with Crippen LogP contribution in [0.5, 0.6) is 0 Å². The third-order valence-electron chi connectivity index (χ3n) is 1.82. The largest absolute Gasteiger partial charge is 0.383 e. The Kier molecular flexibility index (Phi) is 6.44. The van der Waals surface area contributed by atoms with Crippen molar-refractivity contribution in [3.63, 3.8) is 0 Å². The first-order valence-electron chi connectivity index (χ1n) is 5.35. The molecule has 0 radical (unpaired) electrons. The number of nitrogens with one attached hydrogen (secondary N) is 1. The SMILES string of the molecule is COCCNCc1nc(CSC(C)C)no1. The molecule has 0 saturated heterocycles. The Hall–Kier alpha value is -0.590. The lowest BCUT2D eigenvalue weighted by molar-refractivity contribution is 0.197. The third kappa shape index (κ3) is 5.48. The molecule has 0 aliphatic carbocycles. The number of rotatable bonds is 8. The van der Waals surface area contributed by atoms with E-state index in [9.17, 15) is 0 Å². The second-order valence-corrected chi connectivity index (χ2v) is 5.20. The number of methoxy groups -OCH3 is 1. The van der Waals surface area contributed by atoms with Gasteiger partial charge in [-0.05, 0) is 5.25 Å². The molecule has 16 heavy (non-hydrogen) atoms. The van der Waals surface area contributed by atoms with Gasteiger partial charge in [0.1, 0.15) is 0 Å². The van der Waals surface area contributed by atoms with Crippen molar-refractivity contribution in [3.05, 3.63) is 11.7 Å². The summed E-state index contributed by atoms with van der Waals surface area (Å²) in [6.45, 7) is 6.37. The van der Waals surface area contributed by atoms with Gasteiger partial charge in [0.25, 0.3) is 0 Å². The Morgan fingerprint density at radius 3 is 3.00 bits per heavy atom. The molecular weight excluding hydrogens is 226 g/mol. The molecule has 0 fully saturated rings. The molecule has 1 aromatic rings. The number of hydrogen-bond acceptors (Lipinski definition) is 6. The van der Waals surface area contributed by atoms with E-state index in [4.69, 9.17) is 9.26 Å². The van der Waals surface area contributed by atoms with Crippen LogP contribution in [-0.4, -0.2) is 35.7 Å². The van der Waals surface area contributed by atoms with Crippen molar-refractivity contribution >= 4 is 11.8 Å². The zero-order chi connectivity index (χ0) is 11.8. The van der Waals surface area contributed by atoms with Gasteiger partial charge >= 0.3 is 0 Å². The third-order valence-corrected chi connectivity index (χ3v) is 2.91. The standard InChI is InChI=1S/C10H19N3O2S/c1-8(2)16-7-9-12-10(15-13-9)6-11-4-5-14-3/h8,11H,4-7H2,1-3H3. The van der Waals surface area contributed by atoms with Gasteiger partial charge in [0.2, 0.25) is 5.89 Å². The molecule has 1 rings (SSSR count). The predicted molar refractivity (Wildman–Crippen MR) is 64.3 cm³/mol. The van der Waals surface area contributed by atoms with Gasteiger partial charge in [-0.15, -0.1) is 0 Å². The van der Waals surface area contributed by atoms with Crippen LogP contribution in [0.25, 0.3) is 0 Å². The summed E-state index contributed by atoms with van der Waals surface area (Å²) in [6, 6.07) is 0. The smallest absolute Gasteiger partial charge is 0.240 e. The fourth-order valence-electron chi connectivity index (χ4n) is 1.03. The number of aromatic nitrogens is 2. The molecule has 0 aliphatic heterocycles. The van der Waals surface area contributed by atoms with E-state index in [2.05, 4.69) is 29.3 Å². The fraction of sp³-hybridized carbons (Fsp3) is 0.800. The van der Waals surface area contributed by atoms with E-state index in [1.165, 1.54) is 0 Å². The summed E-state index contributed by atoms with van der Waals surface area (Å²) in [6.07, 6.45) is 0. The molecule has 1 N–H and O–H groups in total. The van der Waals surface area contributed by atoms with Crippen LogP contribution in [0.3, 0.4) is 0 Å². The van der Waals surface area contributed by atoms with Crippen LogP contribution in [-0.2, 0) is 17.0 Å². The van der Waals surface area contributed by atoms with Crippen LogP contribution < -0.4 is 5.32 Å². The van der Waals surface area contributed by atoms with Gasteiger partial charge in [-0.1, -0.05) is 19.0 Å². The van der Waals surface area contributed by atoms with Crippen LogP contribution >= 0.6 is 11.8 Å². The molecule has 0 atom stereocenters. The maximum atomic E-state index is 5.10. The van der Waals surface area contributed by atoms with E-state index in [0.29, 0.717) is 24.3 Å². The summed E-state index contributed by atoms with van der Waals surface area (Å²) in [4.78, 5) is 4.28. The summed E-state index contributed by atoms with van der Waals surface area (Å²) >= 11 is 1.80. The molecule has 0 unspecified atom stereocenters. The monoisotopic (exact) mass is 245 g/mol. The maximum Gasteiger partial charge on any atom is 0.240 e. The Morgan fingerprint density at radius 1 is 1.50 bits per heavy atom. The average Bonchev–Trinajstić information content (AvgIpc) is 2.70. The minimum Gasteiger partial charge on any atom is -0.383 e. The van der Waals surface area contributed by atoms with Gasteiger partial charge in [-0.2, -0.15) is 16.7 Å². The van der Waals surface area contributed by atoms with Crippen LogP contribution in [0.2, 0.25) is 0 Å². The Labute approximate surface area is 100 Å². The lowest BCUT2D eigenvalue weighted by Crippen LogP contribution is -2.18. The highest BCUT2D eigenvalue weighted by atomic mass is 32.2. The zero-order valence-corrected chi connectivity index (χ0v) is 10.8. The van der Waals surface area contributed by atoms with E-state index >= 15 is 0 Å². The predicted octanol–water partition coefficient (Wildman–Crippen LogP) is 1.45. The van der Waals surface area contributed by atoms with Crippen molar-refractivity contribution in [3.8, 4) is 0 Å². The molecule has 0 aromatic carbocycles. The van der Waals surface area contributed by atoms with Gasteiger partial charge < -0.3 is 14.6 Å². The Balaban J connectivity index is 2.22. The average molecular weight is 245 g/mol. The van der Waals surface area contributed by atoms with Gasteiger partial charge in [0, 0.05) is 13.7 Å². The van der Waals surface area contributed by atoms with Gasteiger partial charge in [0.05, 0.1) is 18.9 Å². The highest BCUT2D eigenvalue weighted by Gasteiger charge is 2.06. The van der Waals surface area contributed by atoms with Crippen molar-refractivity contribution in [2.24, 2.45) is 0 Å². The quantitative estimate of drug-likeness (QED) is 0.699. The number of thioether (sulfide) groups is 1. The zero-order valence-electron chi connectivity index (χ0n) is 10.0. The second-order valence-electron chi connectivity index (χ2n) is 3.63. The summed E-state index contributed by atoms with van der Waals surface area (Å²) in [5.74, 6) is 2.21. The summed E-state index contributed by atoms with van der Waals surface area (Å²) < 4.78 is 10.0. The van der Waals surface area contributed by atoms with Crippen LogP contribution in [0.1, 0.15) is 25.6 Å². The van der Waals surface area contributed by atoms with Crippen LogP contribution in [0, 0.1) is 0 Å². The normalized spacial score (nSPS) is 11.2. The van der Waals surface area contributed by atoms with Gasteiger partial charge in [0.15, 0.2) is 5.82 Å². The topological polar surface area (TPSA) is 60.2 Å². The molecule has 5 nitrogen and oxygen atoms in total. The van der Waals surface area contributed by atoms with Crippen molar-refractivity contribution < 1.29 is 9.26 Å². The van der Waals surface area contributed by atoms with Gasteiger partial charge in [-0.3, -0.25) is 0 Å². The Morgan fingerprint density at radius 2 is 2.31 bits per heavy atom. The molecular formula is C10H19N3O2S. The van der Waals surface area contributed by atoms with E-state index in [0.717, 1.165) is 18.1 Å². The minimum absolute atomic E-state index is 0.585. The molecule has 1 heterocycles. The maximum absolute atomic E-state index is 5.10. The first-order chi connectivity index (χ1) is 7.72. The fourth-order valence-corrected chi connectivity index (χ4v) is 1.63. The highest BCUT2D eigenvalue weighted by Crippen LogP contribution is 2.14. The first kappa shape index (κ1) is 13.5. The first-order valence-corrected chi connectivity index (χ1v) is 6.40. The van der Waals surface area contributed by atoms with E-state index in [1.807, 2.05) is 0 Å². The summed E-state index contributed by atoms with van der Waals surface area (Å²) in [7, 11) is 1.68. The Bertz CT molecular complexity index is 291. The molecule has 0 saturated carbocycles. The second kappa shape index (κ2) is 7.65. The lowest BCUT2D eigenvalue weighted by atomic mass is 10.6. The van der Waals surface area contributed by atoms with Crippen LogP contribution in [0.15, 0.2) is 4.52 Å². The molecule has 1 aromatic heterocycles. The summed E-state index contributed by atoms with van der Waals surface area (Å²) in [5.41, 5.74) is 0. The number of nitrogens with zero attached hydrogens (tertiary/aromatic N) is 2. The number of hydrogen-bond donors (Lipinski definition) is 1. The molecule has 0 aliphatic rings. The van der Waals surface area contributed by atoms with Gasteiger partial charge in [-0.25, -0.2) is 0 Å². The van der Waals surface area contributed by atoms with E-state index in [-0.39, 0.29) is 0 Å². The van der Waals surface area contributed by atoms with Crippen LogP contribution in [0.4, 0.5) is 0 Å². The molecule has 92 valence electrons. The molecule has 0 spiro atoms. The number of ether oxygens (including phenoxy) is 1. The molecule has 0 bridgehead atoms. The highest BCUT2D eigenvalue weighted by molar-refractivity contribution is 7.99. The molecule has 0 amide bonds. The van der Waals surface area contributed by atoms with E-state index < -0.39 is 0 Å². The molecule has 6 heteroatoms. The lowest BCUT2D eigenvalue weighted by Gasteiger charge is -1.99. The van der Waals surface area contributed by atoms with Crippen molar-refractivity contribution in [1.29, 1.82) is 0 Å².